The number of carbonyl (C=O) groups is 2. The number of rotatable bonds is 18. The van der Waals surface area contributed by atoms with E-state index in [0.29, 0.717) is 84.9 Å². The van der Waals surface area contributed by atoms with E-state index in [9.17, 15) is 9.59 Å². The van der Waals surface area contributed by atoms with Gasteiger partial charge in [-0.1, -0.05) is 44.5 Å². The van der Waals surface area contributed by atoms with E-state index in [2.05, 4.69) is 23.6 Å². The van der Waals surface area contributed by atoms with Gasteiger partial charge in [-0.05, 0) is 103 Å². The molecule has 0 amide bonds. The molecule has 0 aromatic heterocycles. The van der Waals surface area contributed by atoms with Gasteiger partial charge in [0.25, 0.3) is 0 Å². The fraction of sp³-hybridized carbons (Fsp3) is 0.469. The van der Waals surface area contributed by atoms with Crippen LogP contribution in [-0.4, -0.2) is 100 Å². The molecule has 10 nitrogen and oxygen atoms in total. The van der Waals surface area contributed by atoms with Gasteiger partial charge in [0, 0.05) is 69.7 Å². The van der Waals surface area contributed by atoms with E-state index in [-0.39, 0.29) is 11.6 Å². The molecule has 4 aromatic carbocycles. The Kier molecular flexibility index (Phi) is 14.5. The summed E-state index contributed by atoms with van der Waals surface area (Å²) < 4.78 is 35.8. The molecule has 0 radical (unpaired) electrons. The molecule has 59 heavy (non-hydrogen) atoms. The maximum Gasteiger partial charge on any atom is 0.194 e. The van der Waals surface area contributed by atoms with Gasteiger partial charge in [0.15, 0.2) is 11.6 Å². The van der Waals surface area contributed by atoms with Gasteiger partial charge in [-0.25, -0.2) is 0 Å². The summed E-state index contributed by atoms with van der Waals surface area (Å²) in [6, 6.07) is 18.9. The second-order valence-corrected chi connectivity index (χ2v) is 15.4. The highest BCUT2D eigenvalue weighted by Gasteiger charge is 2.35. The van der Waals surface area contributed by atoms with Crippen LogP contribution in [-0.2, 0) is 0 Å². The number of nitrogens with zero attached hydrogens (tertiary/aromatic N) is 2. The molecule has 10 heteroatoms. The molecular formula is C49H60N2O8. The summed E-state index contributed by atoms with van der Waals surface area (Å²) in [6.45, 7) is 17.9. The van der Waals surface area contributed by atoms with Crippen LogP contribution in [0.15, 0.2) is 60.7 Å². The Balaban J connectivity index is 0.000000179. The van der Waals surface area contributed by atoms with Crippen molar-refractivity contribution in [3.63, 3.8) is 0 Å². The summed E-state index contributed by atoms with van der Waals surface area (Å²) in [7, 11) is 0. The van der Waals surface area contributed by atoms with E-state index in [0.717, 1.165) is 85.9 Å². The summed E-state index contributed by atoms with van der Waals surface area (Å²) >= 11 is 0. The van der Waals surface area contributed by atoms with Crippen LogP contribution in [0.2, 0.25) is 0 Å². The van der Waals surface area contributed by atoms with Crippen LogP contribution in [0.3, 0.4) is 0 Å². The summed E-state index contributed by atoms with van der Waals surface area (Å²) in [4.78, 5) is 31.2. The molecular weight excluding hydrogens is 745 g/mol. The number of ether oxygens (including phenoxy) is 6. The maximum atomic E-state index is 13.2. The molecule has 2 saturated heterocycles. The van der Waals surface area contributed by atoms with Gasteiger partial charge in [0.05, 0.1) is 26.4 Å². The Hall–Kier alpha value is -5.06. The van der Waals surface area contributed by atoms with E-state index >= 15 is 0 Å². The van der Waals surface area contributed by atoms with Crippen LogP contribution in [0.4, 0.5) is 0 Å². The van der Waals surface area contributed by atoms with Crippen LogP contribution in [0.1, 0.15) is 104 Å². The maximum absolute atomic E-state index is 13.2. The molecule has 2 heterocycles. The highest BCUT2D eigenvalue weighted by atomic mass is 16.5. The third kappa shape index (κ3) is 9.55. The molecule has 0 bridgehead atoms. The van der Waals surface area contributed by atoms with Gasteiger partial charge < -0.3 is 28.4 Å². The summed E-state index contributed by atoms with van der Waals surface area (Å²) in [5.74, 6) is 4.22. The number of likely N-dealkylation sites (tertiary alicyclic amines) is 2. The molecule has 0 unspecified atom stereocenters. The van der Waals surface area contributed by atoms with Crippen molar-refractivity contribution >= 4 is 11.6 Å². The van der Waals surface area contributed by atoms with Crippen LogP contribution in [0.25, 0.3) is 22.3 Å². The van der Waals surface area contributed by atoms with Gasteiger partial charge in [-0.3, -0.25) is 19.4 Å². The van der Waals surface area contributed by atoms with Crippen molar-refractivity contribution in [1.29, 1.82) is 0 Å². The minimum Gasteiger partial charge on any atom is -0.494 e. The monoisotopic (exact) mass is 804 g/mol. The highest BCUT2D eigenvalue weighted by Crippen LogP contribution is 2.50. The number of hydrogen-bond acceptors (Lipinski definition) is 10. The third-order valence-corrected chi connectivity index (χ3v) is 11.2. The van der Waals surface area contributed by atoms with Crippen LogP contribution in [0.5, 0.6) is 34.5 Å². The van der Waals surface area contributed by atoms with Crippen LogP contribution >= 0.6 is 0 Å². The lowest BCUT2D eigenvalue weighted by molar-refractivity contribution is 0.103. The lowest BCUT2D eigenvalue weighted by atomic mass is 10.0. The van der Waals surface area contributed by atoms with E-state index in [1.165, 1.54) is 32.1 Å². The summed E-state index contributed by atoms with van der Waals surface area (Å²) in [5.41, 5.74) is 5.98. The number of carbonyl (C=O) groups excluding carboxylic acids is 2. The molecule has 2 aliphatic carbocycles. The van der Waals surface area contributed by atoms with Crippen LogP contribution < -0.4 is 28.4 Å². The second kappa shape index (κ2) is 20.3. The quantitative estimate of drug-likeness (QED) is 0.0836. The van der Waals surface area contributed by atoms with E-state index in [1.807, 2.05) is 74.5 Å². The van der Waals surface area contributed by atoms with Crippen molar-refractivity contribution in [2.75, 3.05) is 78.9 Å². The third-order valence-electron chi connectivity index (χ3n) is 11.2. The Morgan fingerprint density at radius 1 is 0.441 bits per heavy atom. The fourth-order valence-electron chi connectivity index (χ4n) is 8.45. The molecule has 0 spiro atoms. The van der Waals surface area contributed by atoms with Crippen molar-refractivity contribution in [2.24, 2.45) is 0 Å². The zero-order valence-corrected chi connectivity index (χ0v) is 35.4. The molecule has 0 N–H and O–H groups in total. The SMILES string of the molecule is CCCOc1cc(OCC)cc2c1-c1c(OCCN3CCCC3)cccc1C2=O.CCCOc1cc(OCC)cc2c1-c1c(OCCN3CCCCC3)cccc1C2=O. The van der Waals surface area contributed by atoms with Crippen molar-refractivity contribution < 1.29 is 38.0 Å². The number of ketones is 2. The smallest absolute Gasteiger partial charge is 0.194 e. The van der Waals surface area contributed by atoms with Crippen molar-refractivity contribution in [3.05, 3.63) is 82.9 Å². The first-order valence-corrected chi connectivity index (χ1v) is 21.9. The predicted octanol–water partition coefficient (Wildman–Crippen LogP) is 9.51. The Morgan fingerprint density at radius 2 is 0.831 bits per heavy atom. The highest BCUT2D eigenvalue weighted by molar-refractivity contribution is 6.24. The minimum atomic E-state index is 0.00268. The summed E-state index contributed by atoms with van der Waals surface area (Å²) in [5, 5.41) is 0. The Labute approximate surface area is 349 Å². The topological polar surface area (TPSA) is 96.0 Å². The number of piperidine rings is 1. The van der Waals surface area contributed by atoms with E-state index in [1.54, 1.807) is 0 Å². The molecule has 0 saturated carbocycles. The lowest BCUT2D eigenvalue weighted by Crippen LogP contribution is -2.33. The number of benzene rings is 4. The molecule has 8 rings (SSSR count). The molecule has 2 fully saturated rings. The zero-order valence-electron chi connectivity index (χ0n) is 35.4. The lowest BCUT2D eigenvalue weighted by Gasteiger charge is -2.26. The predicted molar refractivity (Wildman–Crippen MR) is 231 cm³/mol. The average molecular weight is 805 g/mol. The molecule has 4 aromatic rings. The van der Waals surface area contributed by atoms with Gasteiger partial charge in [0.2, 0.25) is 0 Å². The van der Waals surface area contributed by atoms with Crippen molar-refractivity contribution in [1.82, 2.24) is 9.80 Å². The average Bonchev–Trinajstić information content (AvgIpc) is 3.96. The molecule has 4 aliphatic rings. The van der Waals surface area contributed by atoms with Gasteiger partial charge in [0.1, 0.15) is 47.7 Å². The van der Waals surface area contributed by atoms with Crippen molar-refractivity contribution in [2.45, 2.75) is 72.6 Å². The minimum absolute atomic E-state index is 0.00268. The van der Waals surface area contributed by atoms with Gasteiger partial charge >= 0.3 is 0 Å². The normalized spacial score (nSPS) is 15.5. The van der Waals surface area contributed by atoms with Crippen molar-refractivity contribution in [3.8, 4) is 56.8 Å². The molecule has 2 aliphatic heterocycles. The Bertz CT molecular complexity index is 2080. The van der Waals surface area contributed by atoms with Gasteiger partial charge in [-0.2, -0.15) is 0 Å². The standard InChI is InChI=1S/C25H31NO4.C24H29NO4/c1-3-14-29-22-17-18(28-4-2)16-20-24(22)23-19(25(20)27)9-8-10-21(23)30-15-13-26-11-6-5-7-12-26;1-3-13-28-21-16-17(27-4-2)15-19-23(21)22-18(24(19)26)8-7-9-20(22)29-14-12-25-10-5-6-11-25/h8-10,16-17H,3-7,11-15H2,1-2H3;7-9,15-16H,3-6,10-14H2,1-2H3. The largest absolute Gasteiger partial charge is 0.494 e. The molecule has 0 atom stereocenters. The van der Waals surface area contributed by atoms with E-state index in [4.69, 9.17) is 28.4 Å². The Morgan fingerprint density at radius 3 is 1.24 bits per heavy atom. The first kappa shape index (κ1) is 42.1. The summed E-state index contributed by atoms with van der Waals surface area (Å²) in [6.07, 6.45) is 8.18. The van der Waals surface area contributed by atoms with E-state index < -0.39 is 0 Å². The second-order valence-electron chi connectivity index (χ2n) is 15.4. The number of fused-ring (bicyclic) bond motifs is 6. The fourth-order valence-corrected chi connectivity index (χ4v) is 8.45. The molecule has 314 valence electrons. The number of hydrogen-bond donors (Lipinski definition) is 0. The van der Waals surface area contributed by atoms with Gasteiger partial charge in [-0.15, -0.1) is 0 Å². The zero-order chi connectivity index (χ0) is 41.1. The van der Waals surface area contributed by atoms with Crippen LogP contribution in [0, 0.1) is 0 Å². The first-order chi connectivity index (χ1) is 28.9. The first-order valence-electron chi connectivity index (χ1n) is 21.9.